The molecule has 37 heavy (non-hydrogen) atoms. The van der Waals surface area contributed by atoms with Crippen LogP contribution in [0.25, 0.3) is 17.3 Å². The van der Waals surface area contributed by atoms with Crippen molar-refractivity contribution >= 4 is 34.9 Å². The first-order chi connectivity index (χ1) is 17.9. The molecular formula is C25H26FN7O3S. The fourth-order valence-corrected chi connectivity index (χ4v) is 5.17. The highest BCUT2D eigenvalue weighted by atomic mass is 32.2. The maximum atomic E-state index is 14.4. The third kappa shape index (κ3) is 5.70. The van der Waals surface area contributed by atoms with Crippen LogP contribution in [-0.4, -0.2) is 50.9 Å². The number of aryl methyl sites for hydroxylation is 2. The molecule has 3 aromatic rings. The molecule has 12 heteroatoms. The zero-order valence-electron chi connectivity index (χ0n) is 20.5. The first-order valence-corrected chi connectivity index (χ1v) is 12.8. The van der Waals surface area contributed by atoms with Crippen LogP contribution in [0.1, 0.15) is 35.6 Å². The number of nitrogens with one attached hydrogen (secondary N) is 2. The largest absolute Gasteiger partial charge is 0.361 e. The number of aromatic nitrogens is 4. The highest BCUT2D eigenvalue weighted by Crippen LogP contribution is 2.27. The highest BCUT2D eigenvalue weighted by molar-refractivity contribution is 8.18. The Morgan fingerprint density at radius 3 is 2.78 bits per heavy atom. The van der Waals surface area contributed by atoms with Gasteiger partial charge in [-0.1, -0.05) is 5.16 Å². The molecular weight excluding hydrogens is 497 g/mol. The van der Waals surface area contributed by atoms with Gasteiger partial charge in [-0.05, 0) is 69.1 Å². The first-order valence-electron chi connectivity index (χ1n) is 12.0. The van der Waals surface area contributed by atoms with E-state index < -0.39 is 5.91 Å². The van der Waals surface area contributed by atoms with Gasteiger partial charge in [0.25, 0.3) is 11.1 Å². The molecule has 0 saturated carbocycles. The molecule has 0 atom stereocenters. The van der Waals surface area contributed by atoms with E-state index in [-0.39, 0.29) is 11.1 Å². The third-order valence-electron chi connectivity index (χ3n) is 6.46. The van der Waals surface area contributed by atoms with Crippen LogP contribution < -0.4 is 15.5 Å². The number of pyridine rings is 1. The van der Waals surface area contributed by atoms with Crippen molar-refractivity contribution in [1.82, 2.24) is 30.7 Å². The topological polar surface area (TPSA) is 126 Å². The van der Waals surface area contributed by atoms with Crippen LogP contribution in [-0.2, 0) is 11.3 Å². The zero-order valence-corrected chi connectivity index (χ0v) is 21.3. The summed E-state index contributed by atoms with van der Waals surface area (Å²) in [5.74, 6) is 0.948. The van der Waals surface area contributed by atoms with Crippen LogP contribution in [0.15, 0.2) is 34.0 Å². The van der Waals surface area contributed by atoms with Crippen molar-refractivity contribution < 1.29 is 18.5 Å². The molecule has 192 valence electrons. The van der Waals surface area contributed by atoms with E-state index in [1.807, 2.05) is 13.8 Å². The number of rotatable bonds is 7. The fraction of sp³-hybridized carbons (Fsp3) is 0.360. The standard InChI is InChI=1S/C25H26FN7O3S/c1-14-22(15(2)36-32-14)20-9-17(19(26)13-29-20)12-27-11-16-4-7-33(8-5-16)24-28-6-3-18(30-24)10-21-23(34)31-25(35)37-21/h3,6,9-10,13,16,27H,4-5,7-8,11-12H2,1-2H3,(H,31,34,35). The predicted molar refractivity (Wildman–Crippen MR) is 137 cm³/mol. The molecule has 0 spiro atoms. The number of hydrogen-bond donors (Lipinski definition) is 2. The molecule has 2 amide bonds. The number of carbonyl (C=O) groups excluding carboxylic acids is 2. The summed E-state index contributed by atoms with van der Waals surface area (Å²) in [4.78, 5) is 38.8. The number of thioether (sulfide) groups is 1. The van der Waals surface area contributed by atoms with E-state index >= 15 is 0 Å². The highest BCUT2D eigenvalue weighted by Gasteiger charge is 2.26. The van der Waals surface area contributed by atoms with Crippen molar-refractivity contribution in [2.75, 3.05) is 24.5 Å². The minimum atomic E-state index is -0.407. The Kier molecular flexibility index (Phi) is 7.28. The molecule has 2 fully saturated rings. The number of amides is 2. The van der Waals surface area contributed by atoms with Gasteiger partial charge in [-0.25, -0.2) is 14.4 Å². The van der Waals surface area contributed by atoms with Crippen molar-refractivity contribution in [1.29, 1.82) is 0 Å². The molecule has 5 rings (SSSR count). The van der Waals surface area contributed by atoms with Gasteiger partial charge in [-0.2, -0.15) is 0 Å². The Morgan fingerprint density at radius 2 is 2.08 bits per heavy atom. The van der Waals surface area contributed by atoms with Gasteiger partial charge >= 0.3 is 0 Å². The van der Waals surface area contributed by atoms with Crippen LogP contribution >= 0.6 is 11.8 Å². The zero-order chi connectivity index (χ0) is 25.9. The van der Waals surface area contributed by atoms with E-state index in [0.29, 0.717) is 46.0 Å². The number of carbonyl (C=O) groups is 2. The number of anilines is 1. The lowest BCUT2D eigenvalue weighted by Gasteiger charge is -2.32. The van der Waals surface area contributed by atoms with Crippen molar-refractivity contribution in [2.24, 2.45) is 5.92 Å². The van der Waals surface area contributed by atoms with Gasteiger partial charge in [-0.3, -0.25) is 19.9 Å². The van der Waals surface area contributed by atoms with Crippen LogP contribution in [0, 0.1) is 25.6 Å². The van der Waals surface area contributed by atoms with Crippen LogP contribution in [0.2, 0.25) is 0 Å². The smallest absolute Gasteiger partial charge is 0.290 e. The third-order valence-corrected chi connectivity index (χ3v) is 7.27. The molecule has 2 N–H and O–H groups in total. The Morgan fingerprint density at radius 1 is 1.27 bits per heavy atom. The summed E-state index contributed by atoms with van der Waals surface area (Å²) in [6, 6.07) is 3.46. The lowest BCUT2D eigenvalue weighted by molar-refractivity contribution is -0.115. The second-order valence-corrected chi connectivity index (χ2v) is 10.1. The average Bonchev–Trinajstić information content (AvgIpc) is 3.39. The molecule has 5 heterocycles. The number of piperidine rings is 1. The van der Waals surface area contributed by atoms with E-state index in [2.05, 4.69) is 35.6 Å². The molecule has 2 aliphatic rings. The van der Waals surface area contributed by atoms with Gasteiger partial charge in [0.1, 0.15) is 11.6 Å². The lowest BCUT2D eigenvalue weighted by atomic mass is 9.97. The monoisotopic (exact) mass is 523 g/mol. The van der Waals surface area contributed by atoms with E-state index in [4.69, 9.17) is 4.52 Å². The van der Waals surface area contributed by atoms with Crippen LogP contribution in [0.4, 0.5) is 15.1 Å². The number of halogens is 1. The predicted octanol–water partition coefficient (Wildman–Crippen LogP) is 3.61. The van der Waals surface area contributed by atoms with Crippen molar-refractivity contribution in [2.45, 2.75) is 33.2 Å². The van der Waals surface area contributed by atoms with E-state index in [0.717, 1.165) is 55.5 Å². The summed E-state index contributed by atoms with van der Waals surface area (Å²) in [7, 11) is 0. The molecule has 10 nitrogen and oxygen atoms in total. The first kappa shape index (κ1) is 25.0. The number of imide groups is 1. The molecule has 0 aliphatic carbocycles. The normalized spacial score (nSPS) is 17.6. The van der Waals surface area contributed by atoms with Crippen LogP contribution in [0.3, 0.4) is 0 Å². The van der Waals surface area contributed by atoms with E-state index in [1.165, 1.54) is 6.20 Å². The summed E-state index contributed by atoms with van der Waals surface area (Å²) in [6.45, 7) is 6.41. The van der Waals surface area contributed by atoms with Crippen molar-refractivity contribution in [3.63, 3.8) is 0 Å². The summed E-state index contributed by atoms with van der Waals surface area (Å²) >= 11 is 0.865. The number of nitrogens with zero attached hydrogens (tertiary/aromatic N) is 5. The molecule has 0 unspecified atom stereocenters. The summed E-state index contributed by atoms with van der Waals surface area (Å²) in [5, 5.41) is 9.21. The minimum Gasteiger partial charge on any atom is -0.361 e. The number of hydrogen-bond acceptors (Lipinski definition) is 10. The van der Waals surface area contributed by atoms with E-state index in [1.54, 1.807) is 24.4 Å². The van der Waals surface area contributed by atoms with Crippen molar-refractivity contribution in [3.8, 4) is 11.3 Å². The van der Waals surface area contributed by atoms with Crippen molar-refractivity contribution in [3.05, 3.63) is 58.0 Å². The molecule has 0 bridgehead atoms. The Bertz CT molecular complexity index is 1350. The summed E-state index contributed by atoms with van der Waals surface area (Å²) in [6.07, 6.45) is 6.38. The Balaban J connectivity index is 1.14. The lowest BCUT2D eigenvalue weighted by Crippen LogP contribution is -2.38. The van der Waals surface area contributed by atoms with Gasteiger partial charge in [0.15, 0.2) is 0 Å². The molecule has 3 aromatic heterocycles. The molecule has 0 radical (unpaired) electrons. The quantitative estimate of drug-likeness (QED) is 0.444. The summed E-state index contributed by atoms with van der Waals surface area (Å²) in [5.41, 5.74) is 3.31. The van der Waals surface area contributed by atoms with Gasteiger partial charge in [-0.15, -0.1) is 0 Å². The van der Waals surface area contributed by atoms with Crippen LogP contribution in [0.5, 0.6) is 0 Å². The average molecular weight is 524 g/mol. The molecule has 0 aromatic carbocycles. The maximum Gasteiger partial charge on any atom is 0.290 e. The second kappa shape index (κ2) is 10.8. The fourth-order valence-electron chi connectivity index (χ4n) is 4.50. The molecule has 2 saturated heterocycles. The maximum absolute atomic E-state index is 14.4. The van der Waals surface area contributed by atoms with Gasteiger partial charge in [0.2, 0.25) is 5.95 Å². The Hall–Kier alpha value is -3.64. The Labute approximate surface area is 217 Å². The van der Waals surface area contributed by atoms with Gasteiger partial charge in [0, 0.05) is 31.4 Å². The summed E-state index contributed by atoms with van der Waals surface area (Å²) < 4.78 is 19.6. The van der Waals surface area contributed by atoms with Gasteiger partial charge < -0.3 is 14.7 Å². The minimum absolute atomic E-state index is 0.323. The van der Waals surface area contributed by atoms with E-state index in [9.17, 15) is 14.0 Å². The van der Waals surface area contributed by atoms with Gasteiger partial charge in [0.05, 0.1) is 33.7 Å². The molecule has 2 aliphatic heterocycles. The second-order valence-electron chi connectivity index (χ2n) is 9.06. The SMILES string of the molecule is Cc1noc(C)c1-c1cc(CNCC2CCN(c3nccc(C=C4SC(=O)NC4=O)n3)CC2)c(F)cn1.